The van der Waals surface area contributed by atoms with Crippen molar-refractivity contribution in [3.8, 4) is 17.1 Å². The Kier molecular flexibility index (Phi) is 6.51. The molecule has 32 heavy (non-hydrogen) atoms. The lowest BCUT2D eigenvalue weighted by Crippen LogP contribution is -2.51. The van der Waals surface area contributed by atoms with Crippen LogP contribution in [0.4, 0.5) is 0 Å². The van der Waals surface area contributed by atoms with Gasteiger partial charge in [0.1, 0.15) is 11.8 Å². The van der Waals surface area contributed by atoms with Gasteiger partial charge in [0.2, 0.25) is 5.91 Å². The topological polar surface area (TPSA) is 87.9 Å². The van der Waals surface area contributed by atoms with E-state index < -0.39 is 11.9 Å². The molecule has 3 aromatic rings. The van der Waals surface area contributed by atoms with Gasteiger partial charge in [-0.1, -0.05) is 47.6 Å². The summed E-state index contributed by atoms with van der Waals surface area (Å²) >= 11 is 0. The number of ether oxygens (including phenoxy) is 1. The fourth-order valence-electron chi connectivity index (χ4n) is 3.64. The molecule has 1 saturated heterocycles. The van der Waals surface area contributed by atoms with E-state index in [1.54, 1.807) is 24.1 Å². The maximum Gasteiger partial charge on any atom is 0.274 e. The number of hydrogen-bond donors (Lipinski definition) is 1. The monoisotopic (exact) mass is 434 g/mol. The zero-order valence-corrected chi connectivity index (χ0v) is 18.2. The number of likely N-dealkylation sites (N-methyl/N-ethyl adjacent to an activating group) is 1. The Morgan fingerprint density at radius 1 is 1.03 bits per heavy atom. The van der Waals surface area contributed by atoms with Crippen molar-refractivity contribution in [3.63, 3.8) is 0 Å². The summed E-state index contributed by atoms with van der Waals surface area (Å²) < 4.78 is 10.6. The predicted molar refractivity (Wildman–Crippen MR) is 119 cm³/mol. The molecule has 2 heterocycles. The molecule has 1 aliphatic heterocycles. The van der Waals surface area contributed by atoms with Gasteiger partial charge < -0.3 is 24.4 Å². The van der Waals surface area contributed by atoms with Gasteiger partial charge in [0, 0.05) is 37.8 Å². The molecule has 1 fully saturated rings. The van der Waals surface area contributed by atoms with Crippen LogP contribution in [0.25, 0.3) is 11.3 Å². The van der Waals surface area contributed by atoms with E-state index >= 15 is 0 Å². The normalized spacial score (nSPS) is 15.2. The zero-order valence-electron chi connectivity index (χ0n) is 18.2. The van der Waals surface area contributed by atoms with E-state index in [9.17, 15) is 9.59 Å². The Bertz CT molecular complexity index is 1070. The zero-order chi connectivity index (χ0) is 22.5. The SMILES string of the molecule is COc1cccc(-c2cc(C(=O)N[C@@H](C(=O)N3CCN(C)CC3)c3ccccc3)no2)c1. The maximum atomic E-state index is 13.3. The van der Waals surface area contributed by atoms with Crippen molar-refractivity contribution >= 4 is 11.8 Å². The van der Waals surface area contributed by atoms with E-state index in [1.807, 2.05) is 55.6 Å². The van der Waals surface area contributed by atoms with E-state index in [-0.39, 0.29) is 11.6 Å². The van der Waals surface area contributed by atoms with Gasteiger partial charge in [0.15, 0.2) is 11.5 Å². The molecule has 1 aliphatic rings. The fraction of sp³-hybridized carbons (Fsp3) is 0.292. The van der Waals surface area contributed by atoms with Crippen molar-refractivity contribution in [3.05, 3.63) is 71.9 Å². The molecule has 1 atom stereocenters. The van der Waals surface area contributed by atoms with Crippen molar-refractivity contribution in [2.75, 3.05) is 40.3 Å². The molecule has 1 N–H and O–H groups in total. The summed E-state index contributed by atoms with van der Waals surface area (Å²) in [7, 11) is 3.61. The molecule has 1 aromatic heterocycles. The van der Waals surface area contributed by atoms with Crippen LogP contribution < -0.4 is 10.1 Å². The number of nitrogens with zero attached hydrogens (tertiary/aromatic N) is 3. The fourth-order valence-corrected chi connectivity index (χ4v) is 3.64. The first-order valence-electron chi connectivity index (χ1n) is 10.5. The lowest BCUT2D eigenvalue weighted by atomic mass is 10.0. The number of hydrogen-bond acceptors (Lipinski definition) is 6. The van der Waals surface area contributed by atoms with E-state index in [2.05, 4.69) is 15.4 Å². The Morgan fingerprint density at radius 3 is 2.50 bits per heavy atom. The molecule has 0 radical (unpaired) electrons. The summed E-state index contributed by atoms with van der Waals surface area (Å²) in [6.07, 6.45) is 0. The summed E-state index contributed by atoms with van der Waals surface area (Å²) in [5.74, 6) is 0.510. The lowest BCUT2D eigenvalue weighted by molar-refractivity contribution is -0.135. The van der Waals surface area contributed by atoms with Crippen molar-refractivity contribution in [1.29, 1.82) is 0 Å². The highest BCUT2D eigenvalue weighted by molar-refractivity contribution is 5.97. The average Bonchev–Trinajstić information content (AvgIpc) is 3.34. The van der Waals surface area contributed by atoms with Crippen molar-refractivity contribution in [2.24, 2.45) is 0 Å². The Morgan fingerprint density at radius 2 is 1.78 bits per heavy atom. The highest BCUT2D eigenvalue weighted by Gasteiger charge is 2.30. The van der Waals surface area contributed by atoms with Crippen LogP contribution in [0.3, 0.4) is 0 Å². The second kappa shape index (κ2) is 9.65. The second-order valence-corrected chi connectivity index (χ2v) is 7.75. The average molecular weight is 434 g/mol. The minimum atomic E-state index is -0.802. The third-order valence-electron chi connectivity index (χ3n) is 5.57. The highest BCUT2D eigenvalue weighted by Crippen LogP contribution is 2.25. The quantitative estimate of drug-likeness (QED) is 0.642. The first kappa shape index (κ1) is 21.6. The summed E-state index contributed by atoms with van der Waals surface area (Å²) in [6.45, 7) is 2.85. The molecule has 8 heteroatoms. The standard InChI is InChI=1S/C24H26N4O4/c1-27-11-13-28(14-12-27)24(30)22(17-7-4-3-5-8-17)25-23(29)20-16-21(32-26-20)18-9-6-10-19(15-18)31-2/h3-10,15-16,22H,11-14H2,1-2H3,(H,25,29)/t22-/m1/s1. The predicted octanol–water partition coefficient (Wildman–Crippen LogP) is 2.60. The number of aromatic nitrogens is 1. The maximum absolute atomic E-state index is 13.3. The van der Waals surface area contributed by atoms with Gasteiger partial charge in [0.25, 0.3) is 5.91 Å². The molecule has 0 saturated carbocycles. The lowest BCUT2D eigenvalue weighted by Gasteiger charge is -2.34. The van der Waals surface area contributed by atoms with Gasteiger partial charge in [0.05, 0.1) is 7.11 Å². The first-order chi connectivity index (χ1) is 15.5. The van der Waals surface area contributed by atoms with Gasteiger partial charge in [-0.25, -0.2) is 0 Å². The summed E-state index contributed by atoms with van der Waals surface area (Å²) in [4.78, 5) is 30.3. The van der Waals surface area contributed by atoms with Gasteiger partial charge in [-0.3, -0.25) is 9.59 Å². The molecule has 8 nitrogen and oxygen atoms in total. The molecular formula is C24H26N4O4. The van der Waals surface area contributed by atoms with Crippen molar-refractivity contribution in [1.82, 2.24) is 20.3 Å². The number of amides is 2. The Labute approximate surface area is 186 Å². The second-order valence-electron chi connectivity index (χ2n) is 7.75. The minimum absolute atomic E-state index is 0.106. The number of benzene rings is 2. The number of rotatable bonds is 6. The number of methoxy groups -OCH3 is 1. The molecular weight excluding hydrogens is 408 g/mol. The van der Waals surface area contributed by atoms with Gasteiger partial charge in [-0.05, 0) is 24.7 Å². The van der Waals surface area contributed by atoms with Crippen molar-refractivity contribution < 1.29 is 18.8 Å². The number of piperazine rings is 1. The Balaban J connectivity index is 1.54. The minimum Gasteiger partial charge on any atom is -0.497 e. The van der Waals surface area contributed by atoms with E-state index in [1.165, 1.54) is 0 Å². The van der Waals surface area contributed by atoms with Gasteiger partial charge in [-0.2, -0.15) is 0 Å². The van der Waals surface area contributed by atoms with Crippen LogP contribution >= 0.6 is 0 Å². The third kappa shape index (κ3) is 4.81. The van der Waals surface area contributed by atoms with Crippen LogP contribution in [0.1, 0.15) is 22.1 Å². The van der Waals surface area contributed by atoms with Gasteiger partial charge in [-0.15, -0.1) is 0 Å². The molecule has 2 aromatic carbocycles. The number of nitrogens with one attached hydrogen (secondary N) is 1. The van der Waals surface area contributed by atoms with E-state index in [0.29, 0.717) is 24.6 Å². The molecule has 0 bridgehead atoms. The van der Waals surface area contributed by atoms with Crippen LogP contribution in [0, 0.1) is 0 Å². The summed E-state index contributed by atoms with van der Waals surface area (Å²) in [5.41, 5.74) is 1.57. The number of carbonyl (C=O) groups excluding carboxylic acids is 2. The molecule has 0 unspecified atom stereocenters. The van der Waals surface area contributed by atoms with Crippen LogP contribution in [0.2, 0.25) is 0 Å². The smallest absolute Gasteiger partial charge is 0.274 e. The van der Waals surface area contributed by atoms with Crippen molar-refractivity contribution in [2.45, 2.75) is 6.04 Å². The van der Waals surface area contributed by atoms with Gasteiger partial charge >= 0.3 is 0 Å². The first-order valence-corrected chi connectivity index (χ1v) is 10.5. The molecule has 2 amide bonds. The Hall–Kier alpha value is -3.65. The number of carbonyl (C=O) groups is 2. The molecule has 0 spiro atoms. The summed E-state index contributed by atoms with van der Waals surface area (Å²) in [6, 6.07) is 17.3. The molecule has 4 rings (SSSR count). The van der Waals surface area contributed by atoms with Crippen LogP contribution in [-0.4, -0.2) is 67.1 Å². The largest absolute Gasteiger partial charge is 0.497 e. The highest BCUT2D eigenvalue weighted by atomic mass is 16.5. The van der Waals surface area contributed by atoms with E-state index in [0.717, 1.165) is 24.2 Å². The van der Waals surface area contributed by atoms with Crippen LogP contribution in [0.5, 0.6) is 5.75 Å². The van der Waals surface area contributed by atoms with E-state index in [4.69, 9.17) is 9.26 Å². The molecule has 166 valence electrons. The van der Waals surface area contributed by atoms with Crippen LogP contribution in [-0.2, 0) is 4.79 Å². The summed E-state index contributed by atoms with van der Waals surface area (Å²) in [5, 5.41) is 6.77. The third-order valence-corrected chi connectivity index (χ3v) is 5.57. The van der Waals surface area contributed by atoms with Crippen LogP contribution in [0.15, 0.2) is 65.2 Å². The molecule has 0 aliphatic carbocycles.